The van der Waals surface area contributed by atoms with Crippen LogP contribution in [0.3, 0.4) is 0 Å². The maximum Gasteiger partial charge on any atom is 0.255 e. The highest BCUT2D eigenvalue weighted by Gasteiger charge is 2.07. The molecule has 0 aliphatic heterocycles. The molecule has 5 heteroatoms. The summed E-state index contributed by atoms with van der Waals surface area (Å²) in [4.78, 5) is 16.2. The summed E-state index contributed by atoms with van der Waals surface area (Å²) in [6.45, 7) is 2.74. The number of benzene rings is 1. The normalized spacial score (nSPS) is 10.1. The molecule has 0 aliphatic carbocycles. The lowest BCUT2D eigenvalue weighted by Crippen LogP contribution is -2.13. The van der Waals surface area contributed by atoms with E-state index in [1.54, 1.807) is 30.5 Å². The van der Waals surface area contributed by atoms with E-state index in [1.165, 1.54) is 0 Å². The zero-order valence-electron chi connectivity index (χ0n) is 11.3. The molecule has 20 heavy (non-hydrogen) atoms. The smallest absolute Gasteiger partial charge is 0.255 e. The number of aryl methyl sites for hydroxylation is 1. The number of ether oxygens (including phenoxy) is 1. The van der Waals surface area contributed by atoms with Gasteiger partial charge in [-0.3, -0.25) is 9.78 Å². The predicted molar refractivity (Wildman–Crippen MR) is 77.9 cm³/mol. The quantitative estimate of drug-likeness (QED) is 0.871. The van der Waals surface area contributed by atoms with Crippen LogP contribution in [0.2, 0.25) is 0 Å². The number of carbonyl (C=O) groups is 1. The average Bonchev–Trinajstić information content (AvgIpc) is 2.45. The molecule has 0 spiro atoms. The van der Waals surface area contributed by atoms with E-state index in [1.807, 2.05) is 19.1 Å². The molecule has 0 fully saturated rings. The van der Waals surface area contributed by atoms with E-state index >= 15 is 0 Å². The van der Waals surface area contributed by atoms with E-state index in [0.29, 0.717) is 30.2 Å². The van der Waals surface area contributed by atoms with Gasteiger partial charge < -0.3 is 15.8 Å². The zero-order chi connectivity index (χ0) is 14.4. The predicted octanol–water partition coefficient (Wildman–Crippen LogP) is 1.98. The van der Waals surface area contributed by atoms with Crippen LogP contribution in [0.15, 0.2) is 42.6 Å². The van der Waals surface area contributed by atoms with Gasteiger partial charge in [-0.25, -0.2) is 0 Å². The molecule has 0 atom stereocenters. The molecule has 0 unspecified atom stereocenters. The fourth-order valence-electron chi connectivity index (χ4n) is 1.73. The number of nitrogens with one attached hydrogen (secondary N) is 1. The minimum atomic E-state index is -0.175. The lowest BCUT2D eigenvalue weighted by molar-refractivity contribution is 0.102. The number of carbonyl (C=O) groups excluding carboxylic acids is 1. The molecule has 2 aromatic rings. The molecule has 0 saturated heterocycles. The van der Waals surface area contributed by atoms with Gasteiger partial charge in [0.15, 0.2) is 0 Å². The lowest BCUT2D eigenvalue weighted by atomic mass is 10.2. The SMILES string of the molecule is Cc1cc(C(=O)Nc2cccc(OCCN)c2)ccn1. The maximum absolute atomic E-state index is 12.1. The van der Waals surface area contributed by atoms with Gasteiger partial charge in [0.25, 0.3) is 5.91 Å². The van der Waals surface area contributed by atoms with Crippen molar-refractivity contribution < 1.29 is 9.53 Å². The molecule has 0 aliphatic rings. The second kappa shape index (κ2) is 6.68. The summed E-state index contributed by atoms with van der Waals surface area (Å²) in [5, 5.41) is 2.82. The molecule has 1 heterocycles. The van der Waals surface area contributed by atoms with E-state index in [0.717, 1.165) is 5.69 Å². The van der Waals surface area contributed by atoms with Gasteiger partial charge in [-0.05, 0) is 31.2 Å². The molecule has 3 N–H and O–H groups in total. The molecule has 5 nitrogen and oxygen atoms in total. The van der Waals surface area contributed by atoms with Gasteiger partial charge in [-0.15, -0.1) is 0 Å². The summed E-state index contributed by atoms with van der Waals surface area (Å²) in [6.07, 6.45) is 1.62. The Morgan fingerprint density at radius 1 is 1.35 bits per heavy atom. The van der Waals surface area contributed by atoms with Crippen LogP contribution >= 0.6 is 0 Å². The minimum absolute atomic E-state index is 0.175. The molecular formula is C15H17N3O2. The van der Waals surface area contributed by atoms with Gasteiger partial charge in [-0.1, -0.05) is 6.07 Å². The summed E-state index contributed by atoms with van der Waals surface area (Å²) in [7, 11) is 0. The first-order chi connectivity index (χ1) is 9.69. The lowest BCUT2D eigenvalue weighted by Gasteiger charge is -2.08. The Morgan fingerprint density at radius 2 is 2.20 bits per heavy atom. The van der Waals surface area contributed by atoms with Crippen molar-refractivity contribution in [3.05, 3.63) is 53.9 Å². The number of anilines is 1. The first-order valence-electron chi connectivity index (χ1n) is 6.36. The molecule has 0 saturated carbocycles. The minimum Gasteiger partial charge on any atom is -0.492 e. The third kappa shape index (κ3) is 3.80. The number of hydrogen-bond acceptors (Lipinski definition) is 4. The number of nitrogens with zero attached hydrogens (tertiary/aromatic N) is 1. The van der Waals surface area contributed by atoms with Gasteiger partial charge in [0, 0.05) is 35.8 Å². The van der Waals surface area contributed by atoms with Crippen LogP contribution in [-0.4, -0.2) is 24.0 Å². The third-order valence-corrected chi connectivity index (χ3v) is 2.64. The van der Waals surface area contributed by atoms with Crippen molar-refractivity contribution in [3.63, 3.8) is 0 Å². The Kier molecular flexibility index (Phi) is 4.68. The van der Waals surface area contributed by atoms with Gasteiger partial charge in [0.1, 0.15) is 12.4 Å². The van der Waals surface area contributed by atoms with E-state index in [2.05, 4.69) is 10.3 Å². The number of rotatable bonds is 5. The summed E-state index contributed by atoms with van der Waals surface area (Å²) >= 11 is 0. The monoisotopic (exact) mass is 271 g/mol. The molecule has 0 radical (unpaired) electrons. The molecule has 1 aromatic heterocycles. The topological polar surface area (TPSA) is 77.2 Å². The van der Waals surface area contributed by atoms with Crippen molar-refractivity contribution in [2.45, 2.75) is 6.92 Å². The molecule has 1 amide bonds. The molecular weight excluding hydrogens is 254 g/mol. The van der Waals surface area contributed by atoms with Gasteiger partial charge >= 0.3 is 0 Å². The number of nitrogens with two attached hydrogens (primary N) is 1. The number of aromatic nitrogens is 1. The van der Waals surface area contributed by atoms with Crippen LogP contribution in [0.5, 0.6) is 5.75 Å². The van der Waals surface area contributed by atoms with Crippen LogP contribution in [-0.2, 0) is 0 Å². The summed E-state index contributed by atoms with van der Waals surface area (Å²) < 4.78 is 5.42. The zero-order valence-corrected chi connectivity index (χ0v) is 11.3. The molecule has 104 valence electrons. The van der Waals surface area contributed by atoms with Crippen molar-refractivity contribution in [2.75, 3.05) is 18.5 Å². The van der Waals surface area contributed by atoms with Gasteiger partial charge in [0.05, 0.1) is 0 Å². The van der Waals surface area contributed by atoms with Crippen molar-refractivity contribution in [1.29, 1.82) is 0 Å². The van der Waals surface area contributed by atoms with Gasteiger partial charge in [0.2, 0.25) is 0 Å². The van der Waals surface area contributed by atoms with Crippen molar-refractivity contribution >= 4 is 11.6 Å². The fraction of sp³-hybridized carbons (Fsp3) is 0.200. The van der Waals surface area contributed by atoms with E-state index in [9.17, 15) is 4.79 Å². The highest BCUT2D eigenvalue weighted by molar-refractivity contribution is 6.04. The van der Waals surface area contributed by atoms with Crippen LogP contribution < -0.4 is 15.8 Å². The first kappa shape index (κ1) is 14.0. The Hall–Kier alpha value is -2.40. The summed E-state index contributed by atoms with van der Waals surface area (Å²) in [6, 6.07) is 10.6. The Labute approximate surface area is 117 Å². The Bertz CT molecular complexity index is 599. The van der Waals surface area contributed by atoms with E-state index in [4.69, 9.17) is 10.5 Å². The van der Waals surface area contributed by atoms with Crippen LogP contribution in [0.4, 0.5) is 5.69 Å². The van der Waals surface area contributed by atoms with Crippen molar-refractivity contribution in [3.8, 4) is 5.75 Å². The average molecular weight is 271 g/mol. The number of hydrogen-bond donors (Lipinski definition) is 2. The molecule has 2 rings (SSSR count). The van der Waals surface area contributed by atoms with Crippen LogP contribution in [0.25, 0.3) is 0 Å². The standard InChI is InChI=1S/C15H17N3O2/c1-11-9-12(5-7-17-11)15(19)18-13-3-2-4-14(10-13)20-8-6-16/h2-5,7,9-10H,6,8,16H2,1H3,(H,18,19). The Morgan fingerprint density at radius 3 is 2.95 bits per heavy atom. The molecule has 1 aromatic carbocycles. The summed E-state index contributed by atoms with van der Waals surface area (Å²) in [5.74, 6) is 0.505. The van der Waals surface area contributed by atoms with Gasteiger partial charge in [-0.2, -0.15) is 0 Å². The number of amides is 1. The van der Waals surface area contributed by atoms with E-state index < -0.39 is 0 Å². The van der Waals surface area contributed by atoms with Crippen LogP contribution in [0.1, 0.15) is 16.1 Å². The third-order valence-electron chi connectivity index (χ3n) is 2.64. The Balaban J connectivity index is 2.07. The van der Waals surface area contributed by atoms with Crippen molar-refractivity contribution in [1.82, 2.24) is 4.98 Å². The van der Waals surface area contributed by atoms with Crippen molar-refractivity contribution in [2.24, 2.45) is 5.73 Å². The second-order valence-corrected chi connectivity index (χ2v) is 4.30. The second-order valence-electron chi connectivity index (χ2n) is 4.30. The maximum atomic E-state index is 12.1. The largest absolute Gasteiger partial charge is 0.492 e. The highest BCUT2D eigenvalue weighted by Crippen LogP contribution is 2.18. The first-order valence-corrected chi connectivity index (χ1v) is 6.36. The fourth-order valence-corrected chi connectivity index (χ4v) is 1.73. The number of pyridine rings is 1. The molecule has 0 bridgehead atoms. The van der Waals surface area contributed by atoms with E-state index in [-0.39, 0.29) is 5.91 Å². The highest BCUT2D eigenvalue weighted by atomic mass is 16.5. The van der Waals surface area contributed by atoms with Crippen LogP contribution in [0, 0.1) is 6.92 Å². The summed E-state index contributed by atoms with van der Waals surface area (Å²) in [5.41, 5.74) is 7.44.